The normalized spacial score (nSPS) is 18.1. The number of urea groups is 1. The number of hydrogen-bond donors (Lipinski definition) is 1. The van der Waals surface area contributed by atoms with Crippen LogP contribution in [0.2, 0.25) is 0 Å². The van der Waals surface area contributed by atoms with Crippen molar-refractivity contribution >= 4 is 33.6 Å². The third-order valence-corrected chi connectivity index (χ3v) is 7.52. The van der Waals surface area contributed by atoms with Gasteiger partial charge in [0.2, 0.25) is 0 Å². The third-order valence-electron chi connectivity index (χ3n) is 6.74. The summed E-state index contributed by atoms with van der Waals surface area (Å²) in [5, 5.41) is 3.31. The molecule has 1 aliphatic carbocycles. The van der Waals surface area contributed by atoms with Crippen LogP contribution in [0, 0.1) is 0 Å². The molecule has 0 spiro atoms. The molecule has 1 heterocycles. The lowest BCUT2D eigenvalue weighted by atomic mass is 10.0. The van der Waals surface area contributed by atoms with Crippen LogP contribution in [-0.4, -0.2) is 53.3 Å². The molecule has 2 aliphatic rings. The summed E-state index contributed by atoms with van der Waals surface area (Å²) in [6.07, 6.45) is 4.03. The van der Waals surface area contributed by atoms with E-state index >= 15 is 0 Å². The fourth-order valence-electron chi connectivity index (χ4n) is 4.63. The first-order chi connectivity index (χ1) is 17.9. The maximum absolute atomic E-state index is 13.3. The van der Waals surface area contributed by atoms with Crippen LogP contribution >= 0.6 is 15.9 Å². The van der Waals surface area contributed by atoms with Gasteiger partial charge in [0.1, 0.15) is 11.4 Å². The Bertz CT molecular complexity index is 1140. The van der Waals surface area contributed by atoms with E-state index in [2.05, 4.69) is 32.2 Å². The van der Waals surface area contributed by atoms with Crippen molar-refractivity contribution in [2.24, 2.45) is 0 Å². The first-order valence-electron chi connectivity index (χ1n) is 13.5. The lowest BCUT2D eigenvalue weighted by Gasteiger charge is -2.36. The average Bonchev–Trinajstić information content (AvgIpc) is 3.68. The van der Waals surface area contributed by atoms with Crippen molar-refractivity contribution < 1.29 is 19.1 Å². The molecule has 38 heavy (non-hydrogen) atoms. The molecule has 4 rings (SSSR count). The van der Waals surface area contributed by atoms with Crippen LogP contribution in [0.25, 0.3) is 0 Å². The van der Waals surface area contributed by atoms with Crippen molar-refractivity contribution in [3.63, 3.8) is 0 Å². The molecule has 2 amide bonds. The lowest BCUT2D eigenvalue weighted by Crippen LogP contribution is -2.52. The Morgan fingerprint density at radius 1 is 1.05 bits per heavy atom. The smallest absolute Gasteiger partial charge is 0.350 e. The number of anilines is 1. The van der Waals surface area contributed by atoms with Gasteiger partial charge in [-0.25, -0.2) is 9.59 Å². The molecule has 7 nitrogen and oxygen atoms in total. The molecule has 0 aromatic heterocycles. The predicted molar refractivity (Wildman–Crippen MR) is 153 cm³/mol. The fourth-order valence-corrected chi connectivity index (χ4v) is 5.04. The summed E-state index contributed by atoms with van der Waals surface area (Å²) in [5.74, 6) is 0.205. The van der Waals surface area contributed by atoms with Crippen LogP contribution in [0.3, 0.4) is 0 Å². The number of carbonyl (C=O) groups excluding carboxylic acids is 2. The Hall–Kier alpha value is -2.74. The first kappa shape index (κ1) is 28.3. The molecule has 8 heteroatoms. The number of halogens is 1. The number of hydrogen-bond acceptors (Lipinski definition) is 5. The van der Waals surface area contributed by atoms with Crippen molar-refractivity contribution in [3.05, 3.63) is 58.6 Å². The van der Waals surface area contributed by atoms with Gasteiger partial charge in [-0.05, 0) is 84.1 Å². The number of esters is 1. The molecular weight excluding hydrogens is 546 g/mol. The second-order valence-corrected chi connectivity index (χ2v) is 12.7. The van der Waals surface area contributed by atoms with E-state index in [9.17, 15) is 9.59 Å². The second kappa shape index (κ2) is 11.6. The molecular formula is C30H40BrN3O4. The average molecular weight is 587 g/mol. The number of amides is 2. The minimum Gasteiger partial charge on any atom is -0.476 e. The number of benzene rings is 2. The Morgan fingerprint density at radius 2 is 1.79 bits per heavy atom. The van der Waals surface area contributed by atoms with Gasteiger partial charge in [0, 0.05) is 47.9 Å². The molecule has 1 saturated heterocycles. The highest BCUT2D eigenvalue weighted by atomic mass is 79.9. The van der Waals surface area contributed by atoms with Crippen LogP contribution < -0.4 is 15.0 Å². The van der Waals surface area contributed by atoms with Gasteiger partial charge < -0.3 is 24.6 Å². The van der Waals surface area contributed by atoms with Gasteiger partial charge in [-0.1, -0.05) is 40.2 Å². The van der Waals surface area contributed by atoms with Crippen LogP contribution in [-0.2, 0) is 16.1 Å². The van der Waals surface area contributed by atoms with E-state index in [1.54, 1.807) is 13.8 Å². The Kier molecular flexibility index (Phi) is 8.60. The van der Waals surface area contributed by atoms with Crippen LogP contribution in [0.4, 0.5) is 10.5 Å². The number of carbonyl (C=O) groups is 2. The Balaban J connectivity index is 1.38. The van der Waals surface area contributed by atoms with E-state index in [0.29, 0.717) is 18.3 Å². The van der Waals surface area contributed by atoms with E-state index in [-0.39, 0.29) is 12.1 Å². The lowest BCUT2D eigenvalue weighted by molar-refractivity contribution is -0.170. The fraction of sp³-hybridized carbons (Fsp3) is 0.533. The highest BCUT2D eigenvalue weighted by Crippen LogP contribution is 2.31. The maximum atomic E-state index is 13.3. The molecule has 1 saturated carbocycles. The molecule has 206 valence electrons. The minimum absolute atomic E-state index is 0.00583. The summed E-state index contributed by atoms with van der Waals surface area (Å²) < 4.78 is 12.6. The van der Waals surface area contributed by atoms with E-state index in [4.69, 9.17) is 9.47 Å². The highest BCUT2D eigenvalue weighted by molar-refractivity contribution is 9.10. The van der Waals surface area contributed by atoms with Crippen LogP contribution in [0.5, 0.6) is 5.75 Å². The molecule has 0 radical (unpaired) electrons. The van der Waals surface area contributed by atoms with Crippen molar-refractivity contribution in [1.29, 1.82) is 0 Å². The van der Waals surface area contributed by atoms with Gasteiger partial charge in [0.05, 0.1) is 0 Å². The van der Waals surface area contributed by atoms with Gasteiger partial charge in [0.25, 0.3) is 0 Å². The number of nitrogens with zero attached hydrogens (tertiary/aromatic N) is 2. The van der Waals surface area contributed by atoms with Gasteiger partial charge in [-0.2, -0.15) is 0 Å². The largest absolute Gasteiger partial charge is 0.476 e. The molecule has 0 bridgehead atoms. The molecule has 2 aromatic carbocycles. The van der Waals surface area contributed by atoms with Gasteiger partial charge in [-0.3, -0.25) is 0 Å². The standard InChI is InChI=1S/C30H40BrN3O4/c1-29(2,3)38-27(35)30(4,5)37-25-13-8-12-24(18-25)33-17-9-11-22(20-33)32-28(36)34(23-15-16-23)19-21-10-6-7-14-26(21)31/h6-8,10,12-14,18,22-23H,9,11,15-17,19-20H2,1-5H3,(H,32,36)/t22-/m1/s1. The van der Waals surface area contributed by atoms with E-state index in [1.807, 2.05) is 68.1 Å². The zero-order valence-electron chi connectivity index (χ0n) is 23.1. The van der Waals surface area contributed by atoms with Crippen LogP contribution in [0.1, 0.15) is 65.9 Å². The summed E-state index contributed by atoms with van der Waals surface area (Å²) in [4.78, 5) is 30.2. The third kappa shape index (κ3) is 7.65. The predicted octanol–water partition coefficient (Wildman–Crippen LogP) is 6.29. The first-order valence-corrected chi connectivity index (χ1v) is 14.3. The molecule has 1 atom stereocenters. The van der Waals surface area contributed by atoms with E-state index in [0.717, 1.165) is 54.5 Å². The van der Waals surface area contributed by atoms with Crippen molar-refractivity contribution in [1.82, 2.24) is 10.2 Å². The quantitative estimate of drug-likeness (QED) is 0.368. The van der Waals surface area contributed by atoms with E-state index < -0.39 is 17.2 Å². The van der Waals surface area contributed by atoms with Gasteiger partial charge in [0.15, 0.2) is 5.60 Å². The number of piperidine rings is 1. The van der Waals surface area contributed by atoms with E-state index in [1.165, 1.54) is 0 Å². The zero-order valence-corrected chi connectivity index (χ0v) is 24.7. The summed E-state index contributed by atoms with van der Waals surface area (Å²) >= 11 is 3.62. The molecule has 1 aliphatic heterocycles. The molecule has 0 unspecified atom stereocenters. The number of nitrogens with one attached hydrogen (secondary N) is 1. The minimum atomic E-state index is -1.12. The summed E-state index contributed by atoms with van der Waals surface area (Å²) in [7, 11) is 0. The summed E-state index contributed by atoms with van der Waals surface area (Å²) in [6, 6.07) is 16.2. The number of rotatable bonds is 8. The highest BCUT2D eigenvalue weighted by Gasteiger charge is 2.36. The summed E-state index contributed by atoms with van der Waals surface area (Å²) in [5.41, 5.74) is 0.420. The second-order valence-electron chi connectivity index (χ2n) is 11.8. The zero-order chi connectivity index (χ0) is 27.5. The summed E-state index contributed by atoms with van der Waals surface area (Å²) in [6.45, 7) is 11.2. The Morgan fingerprint density at radius 3 is 2.47 bits per heavy atom. The van der Waals surface area contributed by atoms with Crippen LogP contribution in [0.15, 0.2) is 53.0 Å². The monoisotopic (exact) mass is 585 g/mol. The maximum Gasteiger partial charge on any atom is 0.350 e. The van der Waals surface area contributed by atoms with Gasteiger partial charge in [-0.15, -0.1) is 0 Å². The molecule has 1 N–H and O–H groups in total. The molecule has 2 fully saturated rings. The topological polar surface area (TPSA) is 71.1 Å². The number of ether oxygens (including phenoxy) is 2. The van der Waals surface area contributed by atoms with Crippen molar-refractivity contribution in [3.8, 4) is 5.75 Å². The molecule has 2 aromatic rings. The van der Waals surface area contributed by atoms with Crippen molar-refractivity contribution in [2.75, 3.05) is 18.0 Å². The Labute approximate surface area is 235 Å². The van der Waals surface area contributed by atoms with Crippen molar-refractivity contribution in [2.45, 2.75) is 90.1 Å². The van der Waals surface area contributed by atoms with Gasteiger partial charge >= 0.3 is 12.0 Å². The SMILES string of the molecule is CC(C)(C)OC(=O)C(C)(C)Oc1cccc(N2CCC[C@@H](NC(=O)N(Cc3ccccc3Br)C3CC3)C2)c1.